The van der Waals surface area contributed by atoms with Crippen molar-refractivity contribution in [3.8, 4) is 0 Å². The minimum Gasteiger partial charge on any atom is -0.750 e. The molecule has 4 aliphatic carbocycles. The molecule has 5 heterocycles. The van der Waals surface area contributed by atoms with E-state index in [4.69, 9.17) is 4.18 Å². The van der Waals surface area contributed by atoms with Crippen LogP contribution in [0.5, 0.6) is 0 Å². The van der Waals surface area contributed by atoms with Crippen LogP contribution < -0.4 is 93.9 Å². The number of rotatable bonds is 2. The second kappa shape index (κ2) is 15.5. The van der Waals surface area contributed by atoms with Gasteiger partial charge in [0, 0.05) is 22.7 Å². The Labute approximate surface area is 330 Å². The van der Waals surface area contributed by atoms with Crippen LogP contribution in [0.1, 0.15) is 96.3 Å². The van der Waals surface area contributed by atoms with Crippen molar-refractivity contribution in [1.29, 1.82) is 0 Å². The molecule has 5 aliphatic heterocycles. The molecule has 46 heavy (non-hydrogen) atoms. The van der Waals surface area contributed by atoms with Gasteiger partial charge in [0.15, 0.2) is 0 Å². The maximum atomic E-state index is 11.8. The van der Waals surface area contributed by atoms with Gasteiger partial charge in [0.2, 0.25) is 0 Å². The maximum absolute atomic E-state index is 11.8. The van der Waals surface area contributed by atoms with Gasteiger partial charge in [-0.2, -0.15) is 0 Å². The molecule has 18 unspecified atom stereocenters. The summed E-state index contributed by atoms with van der Waals surface area (Å²) >= 11 is -2.51. The van der Waals surface area contributed by atoms with E-state index in [1.165, 1.54) is 77.0 Å². The summed E-state index contributed by atoms with van der Waals surface area (Å²) in [5.41, 5.74) is 0. The zero-order valence-corrected chi connectivity index (χ0v) is 32.4. The SMILES string of the molecule is O=S([O-])OC1CCCC2C3NC4NC(NC5NC(NC6NC(NC(N3)C12)C1CCCCC61)C1CCCCC51)C1CCCCC41.[Co].[K+]. The predicted molar refractivity (Wildman–Crippen MR) is 166 cm³/mol. The van der Waals surface area contributed by atoms with E-state index in [1.54, 1.807) is 0 Å². The van der Waals surface area contributed by atoms with Crippen LogP contribution in [0.25, 0.3) is 0 Å². The standard InChI is InChI=1S/C32H56N8O3S.Co.K/c41-44(42)43-23-15-7-14-22-24(23)32-39-30-21-13-6-5-12-20(21)28(37-30)35-26-17-9-2-1-8-16(17)25(33-26)34-27-18-10-3-4-11-19(18)29(36-27)38-31(22)40-32;;/h16-40H,1-15H2,(H,41,42);;/q;;+1/p-1. The molecule has 1 radical (unpaired) electrons. The number of fused-ring (bicyclic) bond motifs is 20. The Morgan fingerprint density at radius 2 is 0.717 bits per heavy atom. The van der Waals surface area contributed by atoms with Crippen LogP contribution >= 0.6 is 0 Å². The molecule has 9 aliphatic rings. The van der Waals surface area contributed by atoms with E-state index >= 15 is 0 Å². The number of hydrogen-bond donors (Lipinski definition) is 8. The molecule has 11 nitrogen and oxygen atoms in total. The van der Waals surface area contributed by atoms with Crippen molar-refractivity contribution in [3.05, 3.63) is 0 Å². The summed E-state index contributed by atoms with van der Waals surface area (Å²) < 4.78 is 29.3. The van der Waals surface area contributed by atoms with E-state index < -0.39 is 11.4 Å². The van der Waals surface area contributed by atoms with E-state index in [-0.39, 0.29) is 111 Å². The molecule has 9 rings (SSSR count). The van der Waals surface area contributed by atoms with Crippen molar-refractivity contribution in [2.24, 2.45) is 47.3 Å². The Kier molecular flexibility index (Phi) is 12.2. The third-order valence-electron chi connectivity index (χ3n) is 14.0. The van der Waals surface area contributed by atoms with Gasteiger partial charge < -0.3 is 4.55 Å². The molecule has 0 aromatic rings. The zero-order chi connectivity index (χ0) is 29.4. The van der Waals surface area contributed by atoms with Gasteiger partial charge in [-0.05, 0) is 92.8 Å². The number of hydrogen-bond acceptors (Lipinski definition) is 11. The van der Waals surface area contributed by atoms with E-state index in [0.29, 0.717) is 59.9 Å². The average Bonchev–Trinajstić information content (AvgIpc) is 3.77. The van der Waals surface area contributed by atoms with Crippen LogP contribution in [0.3, 0.4) is 0 Å². The van der Waals surface area contributed by atoms with Gasteiger partial charge in [0.1, 0.15) is 0 Å². The van der Waals surface area contributed by atoms with Gasteiger partial charge in [0.05, 0.1) is 66.8 Å². The molecule has 14 heteroatoms. The van der Waals surface area contributed by atoms with Gasteiger partial charge in [-0.25, -0.2) is 4.21 Å². The van der Waals surface area contributed by atoms with Crippen LogP contribution in [-0.4, -0.2) is 64.2 Å². The number of nitrogens with one attached hydrogen (secondary N) is 8. The zero-order valence-electron chi connectivity index (χ0n) is 27.4. The van der Waals surface area contributed by atoms with Crippen LogP contribution in [0, 0.1) is 47.3 Å². The molecule has 8 bridgehead atoms. The maximum Gasteiger partial charge on any atom is 1.00 e. The van der Waals surface area contributed by atoms with Crippen LogP contribution in [0.15, 0.2) is 0 Å². The first-order valence-corrected chi connectivity index (χ1v) is 19.5. The first-order valence-electron chi connectivity index (χ1n) is 18.5. The molecule has 5 saturated heterocycles. The summed E-state index contributed by atoms with van der Waals surface area (Å²) in [5, 5.41) is 32.9. The Hall–Kier alpha value is 1.89. The fourth-order valence-electron chi connectivity index (χ4n) is 12.2. The molecule has 0 spiro atoms. The minimum atomic E-state index is -2.51. The van der Waals surface area contributed by atoms with Gasteiger partial charge in [-0.3, -0.25) is 46.7 Å². The van der Waals surface area contributed by atoms with Gasteiger partial charge in [-0.15, -0.1) is 0 Å². The normalized spacial score (nSPS) is 53.5. The Bertz CT molecular complexity index is 1090. The summed E-state index contributed by atoms with van der Waals surface area (Å²) in [6.45, 7) is 0. The van der Waals surface area contributed by atoms with Gasteiger partial charge in [-0.1, -0.05) is 44.9 Å². The van der Waals surface area contributed by atoms with Crippen LogP contribution in [0.4, 0.5) is 0 Å². The molecular formula is C32H55CoKN8O3S. The smallest absolute Gasteiger partial charge is 0.750 e. The summed E-state index contributed by atoms with van der Waals surface area (Å²) in [5.74, 6) is 4.16. The van der Waals surface area contributed by atoms with Gasteiger partial charge >= 0.3 is 51.4 Å². The molecule has 8 N–H and O–H groups in total. The van der Waals surface area contributed by atoms with Crippen molar-refractivity contribution in [2.45, 2.75) is 152 Å². The largest absolute Gasteiger partial charge is 1.00 e. The molecule has 0 aromatic carbocycles. The van der Waals surface area contributed by atoms with Crippen molar-refractivity contribution in [3.63, 3.8) is 0 Å². The molecule has 257 valence electrons. The summed E-state index contributed by atoms with van der Waals surface area (Å²) in [6, 6.07) is 0. The van der Waals surface area contributed by atoms with Crippen LogP contribution in [0.2, 0.25) is 0 Å². The molecule has 0 aromatic heterocycles. The third-order valence-corrected chi connectivity index (χ3v) is 14.4. The van der Waals surface area contributed by atoms with Crippen molar-refractivity contribution < 1.29 is 81.1 Å². The molecule has 0 amide bonds. The monoisotopic (exact) mass is 729 g/mol. The minimum absolute atomic E-state index is 0. The average molecular weight is 730 g/mol. The second-order valence-electron chi connectivity index (χ2n) is 16.0. The topological polar surface area (TPSA) is 146 Å². The van der Waals surface area contributed by atoms with Crippen LogP contribution in [-0.2, 0) is 32.3 Å². The fourth-order valence-corrected chi connectivity index (χ4v) is 12.6. The fraction of sp³-hybridized carbons (Fsp3) is 1.00. The third kappa shape index (κ3) is 6.77. The van der Waals surface area contributed by atoms with E-state index in [1.807, 2.05) is 0 Å². The molecule has 4 saturated carbocycles. The quantitative estimate of drug-likeness (QED) is 0.123. The molecule has 18 atom stereocenters. The predicted octanol–water partition coefficient (Wildman–Crippen LogP) is -1.60. The van der Waals surface area contributed by atoms with E-state index in [2.05, 4.69) is 42.5 Å². The Morgan fingerprint density at radius 3 is 1.04 bits per heavy atom. The van der Waals surface area contributed by atoms with E-state index in [9.17, 15) is 8.76 Å². The van der Waals surface area contributed by atoms with Crippen molar-refractivity contribution in [1.82, 2.24) is 42.5 Å². The first kappa shape index (κ1) is 36.3. The van der Waals surface area contributed by atoms with Crippen molar-refractivity contribution in [2.75, 3.05) is 0 Å². The molecule has 9 fully saturated rings. The second-order valence-corrected chi connectivity index (χ2v) is 16.6. The molecular weight excluding hydrogens is 675 g/mol. The van der Waals surface area contributed by atoms with E-state index in [0.717, 1.165) is 19.3 Å². The van der Waals surface area contributed by atoms with Gasteiger partial charge in [0.25, 0.3) is 0 Å². The Morgan fingerprint density at radius 1 is 0.435 bits per heavy atom. The summed E-state index contributed by atoms with van der Waals surface area (Å²) in [6.07, 6.45) is 20.0. The Balaban J connectivity index is 0.00000169. The first-order chi connectivity index (χ1) is 21.6. The summed E-state index contributed by atoms with van der Waals surface area (Å²) in [4.78, 5) is 0. The van der Waals surface area contributed by atoms with Crippen molar-refractivity contribution >= 4 is 11.4 Å². The summed E-state index contributed by atoms with van der Waals surface area (Å²) in [7, 11) is 0.